The average molecular weight is 1920 g/mol. The van der Waals surface area contributed by atoms with Crippen LogP contribution in [0.5, 0.6) is 5.75 Å². The number of fused-ring (bicyclic) bond motifs is 3. The summed E-state index contributed by atoms with van der Waals surface area (Å²) in [6, 6.07) is 36.1. The zero-order valence-corrected chi connectivity index (χ0v) is 81.3. The van der Waals surface area contributed by atoms with E-state index in [1.807, 2.05) is 106 Å². The summed E-state index contributed by atoms with van der Waals surface area (Å²) < 4.78 is 110. The zero-order valence-electron chi connectivity index (χ0n) is 78.0. The van der Waals surface area contributed by atoms with Crippen molar-refractivity contribution >= 4 is 127 Å². The molecule has 0 radical (unpaired) electrons. The third-order valence-electron chi connectivity index (χ3n) is 25.0. The highest BCUT2D eigenvalue weighted by Gasteiger charge is 2.34. The highest BCUT2D eigenvalue weighted by Crippen LogP contribution is 2.36. The van der Waals surface area contributed by atoms with Crippen LogP contribution in [-0.2, 0) is 49.7 Å². The zero-order chi connectivity index (χ0) is 95.6. The SMILES string of the molecule is C=C(c1cc2cnc(Nc3ccc(C4CN(C)CCS4)cc3)nc2n(Cc2ccnn2S(=O)(=O)CCN(C)C)c1=O)N(C)C.CCC(CC)c1cc2cnc(Nc3ccc(OC4CCN(C)CC4)cc3)nc2n(Cc2cncn2S(=O)(=O)C2CCCC2)c1=O.CCN(CC)c1cc2cnc(Nc3ccc(N4CCNC(C)C4)c(F)c3)nc2n(Cc2nccn2S(=O)(=O)c2ccccc2)c1=O. The molecule has 0 amide bonds. The standard InChI is InChI=1S/C33H43N7O4S.C32H36FN9O3S.C30H39N9O3S2/c1-4-23(5-2)30-18-24-19-35-33(36-25-10-12-27(13-11-25)44-28-14-16-38(3)17-15-28)37-31(24)39(32(30)41)21-26-20-34-22-40(26)45(42,43)29-8-6-7-9-29;1-4-39(5-2)28-17-23-19-36-32(37-24-11-12-27(26(33)18-24)40-15-13-34-22(3)20-40)38-30(23)41(31(28)43)21-29-35-14-16-42(29)46(44,45)25-9-7-6-8-10-25;1-21(36(4)5)26-17-23-18-31-30(33-24-9-7-22(8-10-24)27-20-37(6)13-15-43-27)34-28(23)38(29(26)40)19-25-11-12-32-39(25)44(41,42)16-14-35(2)3/h10-13,18-20,22-23,28-29H,4-9,14-17,21H2,1-3H3,(H,35,36,37);6-12,14,16-19,22,34H,4-5,13,15,20-21H2,1-3H3,(H,36,37,38);7-12,17-18,27H,1,13-16,19-20H2,2-6H3,(H,31,33,34). The third kappa shape index (κ3) is 22.4. The van der Waals surface area contributed by atoms with E-state index in [1.165, 1.54) is 68.0 Å². The lowest BCUT2D eigenvalue weighted by Gasteiger charge is -2.33. The second-order valence-electron chi connectivity index (χ2n) is 34.9. The summed E-state index contributed by atoms with van der Waals surface area (Å²) in [4.78, 5) is 90.5. The van der Waals surface area contributed by atoms with Gasteiger partial charge in [-0.15, -0.1) is 0 Å². The number of aromatic nitrogens is 15. The summed E-state index contributed by atoms with van der Waals surface area (Å²) in [6.45, 7) is 21.9. The van der Waals surface area contributed by atoms with Crippen LogP contribution in [0, 0.1) is 5.82 Å². The van der Waals surface area contributed by atoms with Crippen LogP contribution < -0.4 is 52.5 Å². The van der Waals surface area contributed by atoms with Crippen molar-refractivity contribution < 1.29 is 34.4 Å². The Morgan fingerprint density at radius 1 is 0.630 bits per heavy atom. The molecule has 2 unspecified atom stereocenters. The molecule has 4 aromatic carbocycles. The van der Waals surface area contributed by atoms with Crippen LogP contribution in [0.4, 0.5) is 50.7 Å². The molecule has 4 fully saturated rings. The molecule has 0 bridgehead atoms. The first kappa shape index (κ1) is 97.2. The number of rotatable bonds is 32. The lowest BCUT2D eigenvalue weighted by Crippen LogP contribution is -2.49. The lowest BCUT2D eigenvalue weighted by atomic mass is 9.94. The number of hydrogen-bond acceptors (Lipinski definition) is 30. The number of ether oxygens (including phenoxy) is 1. The van der Waals surface area contributed by atoms with E-state index in [2.05, 4.69) is 120 Å². The van der Waals surface area contributed by atoms with Gasteiger partial charge in [-0.1, -0.05) is 63.6 Å². The van der Waals surface area contributed by atoms with Gasteiger partial charge < -0.3 is 55.4 Å². The second-order valence-corrected chi connectivity index (χ2v) is 42.0. The summed E-state index contributed by atoms with van der Waals surface area (Å²) in [5.41, 5.74) is 6.81. The van der Waals surface area contributed by atoms with Gasteiger partial charge in [-0.3, -0.25) is 28.1 Å². The maximum Gasteiger partial charge on any atom is 0.276 e. The van der Waals surface area contributed by atoms with Crippen LogP contribution >= 0.6 is 11.8 Å². The maximum absolute atomic E-state index is 15.2. The Kier molecular flexibility index (Phi) is 30.8. The van der Waals surface area contributed by atoms with Crippen LogP contribution in [0.1, 0.15) is 131 Å². The molecule has 1 aliphatic carbocycles. The lowest BCUT2D eigenvalue weighted by molar-refractivity contribution is 0.114. The fourth-order valence-corrected chi connectivity index (χ4v) is 23.4. The molecule has 3 saturated heterocycles. The van der Waals surface area contributed by atoms with E-state index in [0.29, 0.717) is 135 Å². The van der Waals surface area contributed by atoms with E-state index in [0.717, 1.165) is 102 Å². The van der Waals surface area contributed by atoms with E-state index < -0.39 is 35.3 Å². The van der Waals surface area contributed by atoms with Gasteiger partial charge in [0.25, 0.3) is 36.7 Å². The van der Waals surface area contributed by atoms with Crippen LogP contribution in [0.15, 0.2) is 197 Å². The Labute approximate surface area is 790 Å². The fraction of sp³-hybridized carbons (Fsp3) is 0.411. The molecule has 40 heteroatoms. The Morgan fingerprint density at radius 2 is 1.23 bits per heavy atom. The van der Waals surface area contributed by atoms with E-state index >= 15 is 4.39 Å². The van der Waals surface area contributed by atoms with Crippen LogP contribution in [0.2, 0.25) is 0 Å². The van der Waals surface area contributed by atoms with E-state index in [9.17, 15) is 39.6 Å². The third-order valence-corrected chi connectivity index (χ3v) is 31.7. The topological polar surface area (TPSA) is 376 Å². The molecular weight excluding hydrogens is 1800 g/mol. The number of thioether (sulfide) groups is 1. The number of benzene rings is 4. The van der Waals surface area contributed by atoms with Crippen molar-refractivity contribution in [1.82, 2.24) is 95.6 Å². The summed E-state index contributed by atoms with van der Waals surface area (Å²) in [7, 11) is 0.149. The molecule has 2 atom stereocenters. The summed E-state index contributed by atoms with van der Waals surface area (Å²) >= 11 is 1.97. The number of piperazine rings is 1. The van der Waals surface area contributed by atoms with Gasteiger partial charge in [0.1, 0.15) is 52.5 Å². The predicted molar refractivity (Wildman–Crippen MR) is 531 cm³/mol. The van der Waals surface area contributed by atoms with Gasteiger partial charge in [-0.2, -0.15) is 35.9 Å². The van der Waals surface area contributed by atoms with Crippen molar-refractivity contribution in [3.8, 4) is 5.75 Å². The van der Waals surface area contributed by atoms with Crippen LogP contribution in [0.25, 0.3) is 38.8 Å². The minimum atomic E-state index is -3.98. The smallest absolute Gasteiger partial charge is 0.276 e. The van der Waals surface area contributed by atoms with Crippen molar-refractivity contribution in [3.05, 3.63) is 248 Å². The molecule has 1 saturated carbocycles. The largest absolute Gasteiger partial charge is 0.490 e. The number of piperidine rings is 1. The number of nitrogens with zero attached hydrogens (tertiary/aromatic N) is 21. The van der Waals surface area contributed by atoms with Crippen LogP contribution in [-0.4, -0.2) is 252 Å². The highest BCUT2D eigenvalue weighted by molar-refractivity contribution is 7.99. The van der Waals surface area contributed by atoms with E-state index in [1.54, 1.807) is 81.5 Å². The normalized spacial score (nSPS) is 16.1. The molecule has 714 valence electrons. The molecule has 9 aromatic heterocycles. The average Bonchev–Trinajstić information content (AvgIpc) is 1.03. The molecule has 135 heavy (non-hydrogen) atoms. The fourth-order valence-electron chi connectivity index (χ4n) is 17.3. The van der Waals surface area contributed by atoms with Crippen molar-refractivity contribution in [2.24, 2.45) is 0 Å². The van der Waals surface area contributed by atoms with Gasteiger partial charge in [0.15, 0.2) is 0 Å². The quantitative estimate of drug-likeness (QED) is 0.0304. The molecular formula is C95H118FN25O10S4. The number of hydrogen-bond donors (Lipinski definition) is 4. The first-order chi connectivity index (χ1) is 64.9. The number of imidazole rings is 2. The monoisotopic (exact) mass is 1920 g/mol. The highest BCUT2D eigenvalue weighted by atomic mass is 32.2. The summed E-state index contributed by atoms with van der Waals surface area (Å²) in [5.74, 6) is 2.45. The summed E-state index contributed by atoms with van der Waals surface area (Å²) in [5, 5.41) is 18.9. The van der Waals surface area contributed by atoms with Gasteiger partial charge in [0.05, 0.1) is 70.6 Å². The van der Waals surface area contributed by atoms with Crippen molar-refractivity contribution in [2.45, 2.75) is 139 Å². The van der Waals surface area contributed by atoms with Crippen molar-refractivity contribution in [1.29, 1.82) is 0 Å². The number of pyridine rings is 3. The summed E-state index contributed by atoms with van der Waals surface area (Å²) in [6.07, 6.45) is 18.9. The molecule has 4 N–H and O–H groups in total. The number of halogens is 1. The first-order valence-electron chi connectivity index (χ1n) is 45.7. The molecule has 0 spiro atoms. The molecule has 4 aliphatic rings. The molecule has 13 aromatic rings. The second kappa shape index (κ2) is 42.7. The van der Waals surface area contributed by atoms with E-state index in [-0.39, 0.29) is 88.3 Å². The van der Waals surface area contributed by atoms with Crippen LogP contribution in [0.3, 0.4) is 0 Å². The number of nitrogens with one attached hydrogen (secondary N) is 4. The van der Waals surface area contributed by atoms with E-state index in [4.69, 9.17) is 14.7 Å². The van der Waals surface area contributed by atoms with Gasteiger partial charge in [-0.25, -0.2) is 62.5 Å². The molecule has 3 aliphatic heterocycles. The van der Waals surface area contributed by atoms with Crippen molar-refractivity contribution in [2.75, 3.05) is 145 Å². The van der Waals surface area contributed by atoms with Gasteiger partial charge in [0.2, 0.25) is 27.9 Å². The molecule has 35 nitrogen and oxygen atoms in total. The minimum absolute atomic E-state index is 0.0225. The Morgan fingerprint density at radius 3 is 1.84 bits per heavy atom. The first-order valence-corrected chi connectivity index (χ1v) is 51.3. The molecule has 17 rings (SSSR count). The maximum atomic E-state index is 15.2. The van der Waals surface area contributed by atoms with Gasteiger partial charge in [-0.05, 0) is 190 Å². The minimum Gasteiger partial charge on any atom is -0.490 e. The van der Waals surface area contributed by atoms with Gasteiger partial charge in [0, 0.05) is 172 Å². The number of anilines is 8. The number of likely N-dealkylation sites (N-methyl/N-ethyl adjacent to an activating group) is 1. The molecule has 12 heterocycles. The Bertz CT molecular complexity index is 6940. The number of likely N-dealkylation sites (tertiary alicyclic amines) is 1. The Hall–Kier alpha value is -12.3. The predicted octanol–water partition coefficient (Wildman–Crippen LogP) is 11.8. The van der Waals surface area contributed by atoms with Crippen molar-refractivity contribution in [3.63, 3.8) is 0 Å². The Balaban J connectivity index is 0.000000154. The van der Waals surface area contributed by atoms with Gasteiger partial charge >= 0.3 is 0 Å².